The Morgan fingerprint density at radius 3 is 1.11 bits per heavy atom. The highest BCUT2D eigenvalue weighted by Gasteiger charge is 2.31. The molecule has 17 heterocycles. The summed E-state index contributed by atoms with van der Waals surface area (Å²) < 4.78 is 86.6. The number of methoxy groups -OCH3 is 1. The number of fused-ring (bicyclic) bond motifs is 2. The van der Waals surface area contributed by atoms with Crippen LogP contribution in [0.2, 0.25) is 0 Å². The number of nitro groups is 2. The van der Waals surface area contributed by atoms with Gasteiger partial charge in [-0.05, 0) is 115 Å². The molecule has 0 bridgehead atoms. The van der Waals surface area contributed by atoms with Gasteiger partial charge in [0.15, 0.2) is 40.9 Å². The molecule has 0 atom stereocenters. The summed E-state index contributed by atoms with van der Waals surface area (Å²) in [6.45, 7) is 29.1. The average molecular weight is 1980 g/mol. The second-order valence-corrected chi connectivity index (χ2v) is 32.7. The van der Waals surface area contributed by atoms with Crippen molar-refractivity contribution in [1.82, 2.24) is 39.0 Å². The lowest BCUT2D eigenvalue weighted by Gasteiger charge is -2.33. The number of carbonyl (C=O) groups is 2. The standard InChI is InChI=1S/C25H27FN4O5.C18H22N4O6.C13H18N4O4.C13H20N4O2.C9H10IN3O3.C7H8FN.C4H9NO/c26-18-4-1-17(2-5-18)3-6-21(31)22-23(32)25(33)30-16-19(28-7-11-34-12-8-28)15-20(24(30)27-22)29-9-13-35-14-10-29;1-26-18(25)14-15(23)17(24)22-11-12(20-2-6-27-7-3-20)10-13(16(22)19-14)21-4-8-28-9-5-21;18-17(19)13-12(16-3-7-21-8-4-16)9-11(10-14-13)15-1-5-20-6-2-15;14-13-12(17-3-7-19-8-4-17)9-11(10-15-13)16-1-5-18-6-2-16;10-8-5-7(6-11-9(8)13(14)15)12-1-3-16-4-2-12;8-7-3-1-6(5-9)2-4-7;1-3-6-4-2-5-1/h1-2,4-5,15-16,32H,3,6-14H2;10-11,23H,2-9H2,1H3;9-10H,1-8H2;9-10H,1-8H2,(H2,14,15);5-6H,1-4H2;1-4H,5,9H2;5H,1-4H2. The number of halogens is 3. The molecule has 0 unspecified atom stereocenters. The molecule has 19 rings (SSSR count). The van der Waals surface area contributed by atoms with Gasteiger partial charge >= 0.3 is 28.7 Å². The summed E-state index contributed by atoms with van der Waals surface area (Å²) in [5.41, 5.74) is 19.2. The van der Waals surface area contributed by atoms with E-state index in [-0.39, 0.29) is 41.1 Å². The summed E-state index contributed by atoms with van der Waals surface area (Å²) in [4.78, 5) is 112. The number of hydrogen-bond acceptors (Lipinski definition) is 38. The zero-order chi connectivity index (χ0) is 94.2. The van der Waals surface area contributed by atoms with Gasteiger partial charge in [0, 0.05) is 156 Å². The largest absolute Gasteiger partial charge is 0.501 e. The fraction of sp³-hybridized carbons (Fsp3) is 0.494. The molecule has 2 aromatic carbocycles. The summed E-state index contributed by atoms with van der Waals surface area (Å²) in [5, 5.41) is 45.9. The molecule has 42 nitrogen and oxygen atoms in total. The monoisotopic (exact) mass is 1980 g/mol. The van der Waals surface area contributed by atoms with Gasteiger partial charge in [0.1, 0.15) is 26.7 Å². The number of aryl methyl sites for hydroxylation is 1. The van der Waals surface area contributed by atoms with E-state index in [2.05, 4.69) is 80.2 Å². The molecule has 10 saturated heterocycles. The van der Waals surface area contributed by atoms with Crippen molar-refractivity contribution in [2.24, 2.45) is 5.73 Å². The number of ketones is 1. The van der Waals surface area contributed by atoms with Crippen molar-refractivity contribution >= 4 is 114 Å². The first kappa shape index (κ1) is 99.7. The van der Waals surface area contributed by atoms with Crippen LogP contribution in [0.1, 0.15) is 38.5 Å². The first-order valence-corrected chi connectivity index (χ1v) is 45.6. The SMILES string of the molecule is C1COCCN1.COC(=O)c1nc2c(N3CCOCC3)cc(N3CCOCC3)cn2c(=O)c1O.NCc1ccc(F)cc1.Nc1ncc(N2CCOCC2)cc1N1CCOCC1.O=C(CCc1ccc(F)cc1)c1nc2c(N3CCOCC3)cc(N3CCOCC3)cn2c(=O)c1O.O=[N+]([O-])c1ncc(N2CCOCC2)cc1I.O=[N+]([O-])c1ncc(N2CCOCC2)cc1N1CCOCC1. The Bertz CT molecular complexity index is 5460. The smallest absolute Gasteiger partial charge is 0.387 e. The number of carbonyl (C=O) groups excluding carboxylic acids is 2. The van der Waals surface area contributed by atoms with E-state index in [4.69, 9.17) is 58.8 Å². The number of anilines is 10. The molecule has 0 amide bonds. The molecule has 0 radical (unpaired) electrons. The second kappa shape index (κ2) is 50.5. The molecular formula is C89H114F2IN21O21. The molecule has 10 aliphatic heterocycles. The van der Waals surface area contributed by atoms with E-state index in [1.165, 1.54) is 40.2 Å². The number of pyridine rings is 5. The number of ether oxygens (including phenoxy) is 11. The highest BCUT2D eigenvalue weighted by Crippen LogP contribution is 2.36. The van der Waals surface area contributed by atoms with Gasteiger partial charge in [-0.3, -0.25) is 23.2 Å². The van der Waals surface area contributed by atoms with Crippen molar-refractivity contribution < 1.29 is 90.5 Å². The Morgan fingerprint density at radius 1 is 0.440 bits per heavy atom. The van der Waals surface area contributed by atoms with Crippen molar-refractivity contribution in [3.63, 3.8) is 0 Å². The average Bonchev–Trinajstić information content (AvgIpc) is 0.755. The number of nitrogen functional groups attached to an aromatic ring is 1. The molecule has 9 aromatic rings. The number of hydrogen-bond donors (Lipinski definition) is 5. The number of rotatable bonds is 17. The van der Waals surface area contributed by atoms with Gasteiger partial charge in [-0.1, -0.05) is 24.3 Å². The van der Waals surface area contributed by atoms with E-state index in [1.807, 2.05) is 51.9 Å². The molecular weight excluding hydrogens is 1860 g/mol. The van der Waals surface area contributed by atoms with Gasteiger partial charge in [0.25, 0.3) is 0 Å². The van der Waals surface area contributed by atoms with Gasteiger partial charge in [-0.2, -0.15) is 0 Å². The number of aromatic hydroxyl groups is 2. The van der Waals surface area contributed by atoms with Crippen LogP contribution in [-0.2, 0) is 65.1 Å². The van der Waals surface area contributed by atoms with Crippen LogP contribution in [-0.4, -0.2) is 336 Å². The Balaban J connectivity index is 0.000000139. The molecule has 0 saturated carbocycles. The van der Waals surface area contributed by atoms with E-state index in [0.29, 0.717) is 209 Å². The number of nitrogens with zero attached hydrogens (tertiary/aromatic N) is 18. The molecule has 10 fully saturated rings. The lowest BCUT2D eigenvalue weighted by Crippen LogP contribution is -2.39. The minimum atomic E-state index is -0.859. The maximum absolute atomic E-state index is 13.2. The number of esters is 1. The van der Waals surface area contributed by atoms with Gasteiger partial charge < -0.3 is 143 Å². The molecule has 134 heavy (non-hydrogen) atoms. The molecule has 722 valence electrons. The zero-order valence-electron chi connectivity index (χ0n) is 74.8. The van der Waals surface area contributed by atoms with Crippen LogP contribution in [0.15, 0.2) is 119 Å². The van der Waals surface area contributed by atoms with Crippen molar-refractivity contribution in [1.29, 1.82) is 0 Å². The van der Waals surface area contributed by atoms with Crippen LogP contribution in [0.3, 0.4) is 0 Å². The summed E-state index contributed by atoms with van der Waals surface area (Å²) >= 11 is 1.94. The van der Waals surface area contributed by atoms with Gasteiger partial charge in [0.05, 0.1) is 191 Å². The molecule has 0 spiro atoms. The van der Waals surface area contributed by atoms with E-state index >= 15 is 0 Å². The highest BCUT2D eigenvalue weighted by atomic mass is 127. The van der Waals surface area contributed by atoms with Crippen LogP contribution >= 0.6 is 22.6 Å². The Hall–Kier alpha value is -11.7. The third kappa shape index (κ3) is 27.3. The first-order chi connectivity index (χ1) is 65.2. The minimum Gasteiger partial charge on any atom is -0.501 e. The van der Waals surface area contributed by atoms with E-state index in [0.717, 1.165) is 150 Å². The predicted molar refractivity (Wildman–Crippen MR) is 505 cm³/mol. The Kier molecular flexibility index (Phi) is 37.6. The maximum atomic E-state index is 13.2. The highest BCUT2D eigenvalue weighted by molar-refractivity contribution is 14.1. The Morgan fingerprint density at radius 2 is 0.754 bits per heavy atom. The molecule has 10 aliphatic rings. The van der Waals surface area contributed by atoms with Crippen molar-refractivity contribution in [3.8, 4) is 11.5 Å². The quantitative estimate of drug-likeness (QED) is 0.0257. The Labute approximate surface area is 784 Å². The fourth-order valence-electron chi connectivity index (χ4n) is 15.7. The van der Waals surface area contributed by atoms with Gasteiger partial charge in [0.2, 0.25) is 11.5 Å². The fourth-order valence-corrected chi connectivity index (χ4v) is 16.4. The first-order valence-electron chi connectivity index (χ1n) is 44.5. The lowest BCUT2D eigenvalue weighted by atomic mass is 10.1. The van der Waals surface area contributed by atoms with Crippen LogP contribution < -0.4 is 72.0 Å². The topological polar surface area (TPSA) is 463 Å². The number of Topliss-reactive ketones (excluding diaryl/α,β-unsaturated/α-hetero) is 1. The van der Waals surface area contributed by atoms with E-state index in [9.17, 15) is 58.4 Å². The number of aromatic nitrogens is 7. The number of nitrogens with one attached hydrogen (secondary N) is 1. The van der Waals surface area contributed by atoms with Crippen LogP contribution in [0, 0.1) is 35.4 Å². The normalized spacial score (nSPS) is 17.7. The second-order valence-electron chi connectivity index (χ2n) is 31.6. The summed E-state index contributed by atoms with van der Waals surface area (Å²) in [6.07, 6.45) is 8.64. The number of benzene rings is 2. The summed E-state index contributed by atoms with van der Waals surface area (Å²) in [5.74, 6) is -2.85. The minimum absolute atomic E-state index is 0.0283. The van der Waals surface area contributed by atoms with Gasteiger partial charge in [-0.15, -0.1) is 0 Å². The summed E-state index contributed by atoms with van der Waals surface area (Å²) in [7, 11) is 1.18. The van der Waals surface area contributed by atoms with Crippen molar-refractivity contribution in [2.45, 2.75) is 19.4 Å². The summed E-state index contributed by atoms with van der Waals surface area (Å²) in [6, 6.07) is 21.8. The van der Waals surface area contributed by atoms with E-state index in [1.54, 1.807) is 55.1 Å². The molecule has 7 N–H and O–H groups in total. The van der Waals surface area contributed by atoms with Crippen LogP contribution in [0.4, 0.5) is 77.4 Å². The van der Waals surface area contributed by atoms with Crippen molar-refractivity contribution in [3.05, 3.63) is 189 Å². The molecule has 45 heteroatoms. The number of nitrogens with two attached hydrogens (primary N) is 2. The third-order valence-electron chi connectivity index (χ3n) is 23.1. The van der Waals surface area contributed by atoms with E-state index < -0.39 is 44.2 Å². The predicted octanol–water partition coefficient (Wildman–Crippen LogP) is 5.21. The maximum Gasteiger partial charge on any atom is 0.387 e. The molecule has 0 aliphatic carbocycles. The molecule has 7 aromatic heterocycles. The lowest BCUT2D eigenvalue weighted by molar-refractivity contribution is -0.390. The zero-order valence-corrected chi connectivity index (χ0v) is 76.9. The third-order valence-corrected chi connectivity index (χ3v) is 23.9. The van der Waals surface area contributed by atoms with Gasteiger partial charge in [-0.25, -0.2) is 28.5 Å². The number of morpholine rings is 10. The van der Waals surface area contributed by atoms with Crippen LogP contribution in [0.5, 0.6) is 11.5 Å². The van der Waals surface area contributed by atoms with Crippen molar-refractivity contribution in [2.75, 3.05) is 320 Å². The van der Waals surface area contributed by atoms with Crippen LogP contribution in [0.25, 0.3) is 11.3 Å².